The van der Waals surface area contributed by atoms with Crippen molar-refractivity contribution in [2.75, 3.05) is 25.5 Å². The molecule has 1 aromatic rings. The SMILES string of the molecule is CCN(CC(C)(C)O)S(=O)(=O)c1cnc(NC)c(Cl)c1. The summed E-state index contributed by atoms with van der Waals surface area (Å²) in [4.78, 5) is 3.97. The summed E-state index contributed by atoms with van der Waals surface area (Å²) in [6, 6.07) is 1.35. The van der Waals surface area contributed by atoms with Crippen molar-refractivity contribution in [3.63, 3.8) is 0 Å². The molecule has 0 saturated carbocycles. The third-order valence-corrected chi connectivity index (χ3v) is 4.78. The second-order valence-corrected chi connectivity index (χ2v) is 7.34. The first kappa shape index (κ1) is 17.2. The maximum atomic E-state index is 12.5. The molecule has 0 unspecified atom stereocenters. The number of halogens is 1. The molecule has 0 radical (unpaired) electrons. The quantitative estimate of drug-likeness (QED) is 0.831. The fourth-order valence-electron chi connectivity index (χ4n) is 1.69. The second-order valence-electron chi connectivity index (χ2n) is 5.00. The van der Waals surface area contributed by atoms with E-state index in [1.807, 2.05) is 0 Å². The van der Waals surface area contributed by atoms with E-state index in [4.69, 9.17) is 11.6 Å². The van der Waals surface area contributed by atoms with E-state index < -0.39 is 15.6 Å². The highest BCUT2D eigenvalue weighted by Crippen LogP contribution is 2.24. The molecule has 0 saturated heterocycles. The molecule has 0 aliphatic rings. The molecular weight excluding hydrogens is 302 g/mol. The van der Waals surface area contributed by atoms with Gasteiger partial charge < -0.3 is 10.4 Å². The van der Waals surface area contributed by atoms with Crippen LogP contribution in [0.25, 0.3) is 0 Å². The molecule has 0 fully saturated rings. The van der Waals surface area contributed by atoms with Gasteiger partial charge in [0.25, 0.3) is 0 Å². The van der Waals surface area contributed by atoms with Crippen LogP contribution in [0.15, 0.2) is 17.2 Å². The first-order valence-electron chi connectivity index (χ1n) is 6.17. The minimum atomic E-state index is -3.73. The molecule has 0 atom stereocenters. The molecule has 2 N–H and O–H groups in total. The second kappa shape index (κ2) is 6.26. The number of hydrogen-bond acceptors (Lipinski definition) is 5. The molecule has 20 heavy (non-hydrogen) atoms. The molecule has 0 aliphatic heterocycles. The zero-order chi connectivity index (χ0) is 15.6. The number of anilines is 1. The van der Waals surface area contributed by atoms with Gasteiger partial charge >= 0.3 is 0 Å². The van der Waals surface area contributed by atoms with Crippen molar-refractivity contribution in [1.82, 2.24) is 9.29 Å². The number of likely N-dealkylation sites (N-methyl/N-ethyl adjacent to an activating group) is 1. The predicted octanol–water partition coefficient (Wildman–Crippen LogP) is 1.56. The summed E-state index contributed by atoms with van der Waals surface area (Å²) in [6.45, 7) is 5.07. The molecule has 6 nitrogen and oxygen atoms in total. The lowest BCUT2D eigenvalue weighted by molar-refractivity contribution is 0.0601. The number of pyridine rings is 1. The van der Waals surface area contributed by atoms with Crippen LogP contribution in [0.1, 0.15) is 20.8 Å². The average molecular weight is 322 g/mol. The van der Waals surface area contributed by atoms with E-state index in [9.17, 15) is 13.5 Å². The number of hydrogen-bond donors (Lipinski definition) is 2. The highest BCUT2D eigenvalue weighted by Gasteiger charge is 2.29. The first-order chi connectivity index (χ1) is 9.11. The molecule has 1 heterocycles. The number of nitrogens with one attached hydrogen (secondary N) is 1. The summed E-state index contributed by atoms with van der Waals surface area (Å²) in [7, 11) is -2.09. The van der Waals surface area contributed by atoms with Crippen molar-refractivity contribution in [2.24, 2.45) is 0 Å². The number of aliphatic hydroxyl groups is 1. The molecule has 8 heteroatoms. The van der Waals surface area contributed by atoms with Crippen LogP contribution in [-0.2, 0) is 10.0 Å². The van der Waals surface area contributed by atoms with Crippen LogP contribution in [-0.4, -0.2) is 48.6 Å². The zero-order valence-corrected chi connectivity index (χ0v) is 13.6. The Morgan fingerprint density at radius 2 is 2.10 bits per heavy atom. The van der Waals surface area contributed by atoms with E-state index in [0.717, 1.165) is 0 Å². The smallest absolute Gasteiger partial charge is 0.244 e. The van der Waals surface area contributed by atoms with Crippen LogP contribution in [0.3, 0.4) is 0 Å². The third kappa shape index (κ3) is 4.05. The Morgan fingerprint density at radius 3 is 2.50 bits per heavy atom. The van der Waals surface area contributed by atoms with Gasteiger partial charge in [-0.2, -0.15) is 4.31 Å². The first-order valence-corrected chi connectivity index (χ1v) is 7.99. The lowest BCUT2D eigenvalue weighted by atomic mass is 10.1. The molecule has 0 spiro atoms. The van der Waals surface area contributed by atoms with Crippen molar-refractivity contribution in [3.05, 3.63) is 17.3 Å². The molecule has 0 bridgehead atoms. The van der Waals surface area contributed by atoms with Crippen molar-refractivity contribution in [1.29, 1.82) is 0 Å². The third-order valence-electron chi connectivity index (χ3n) is 2.61. The van der Waals surface area contributed by atoms with Crippen LogP contribution < -0.4 is 5.32 Å². The fourth-order valence-corrected chi connectivity index (χ4v) is 3.59. The summed E-state index contributed by atoms with van der Waals surface area (Å²) < 4.78 is 26.2. The number of sulfonamides is 1. The van der Waals surface area contributed by atoms with Crippen LogP contribution in [0, 0.1) is 0 Å². The molecule has 1 rings (SSSR count). The van der Waals surface area contributed by atoms with Gasteiger partial charge in [0.2, 0.25) is 10.0 Å². The van der Waals surface area contributed by atoms with Gasteiger partial charge in [-0.25, -0.2) is 13.4 Å². The van der Waals surface area contributed by atoms with Gasteiger partial charge in [-0.1, -0.05) is 18.5 Å². The van der Waals surface area contributed by atoms with E-state index in [1.165, 1.54) is 16.6 Å². The Hall–Kier alpha value is -0.890. The molecule has 0 aromatic carbocycles. The molecular formula is C12H20ClN3O3S. The predicted molar refractivity (Wildman–Crippen MR) is 79.5 cm³/mol. The number of nitrogens with zero attached hydrogens (tertiary/aromatic N) is 2. The Bertz CT molecular complexity index is 570. The summed E-state index contributed by atoms with van der Waals surface area (Å²) in [5, 5.41) is 12.8. The van der Waals surface area contributed by atoms with Gasteiger partial charge in [-0.05, 0) is 19.9 Å². The maximum Gasteiger partial charge on any atom is 0.244 e. The topological polar surface area (TPSA) is 82.5 Å². The van der Waals surface area contributed by atoms with Gasteiger partial charge in [0, 0.05) is 26.3 Å². The molecule has 0 amide bonds. The summed E-state index contributed by atoms with van der Waals surface area (Å²) >= 11 is 5.96. The van der Waals surface area contributed by atoms with Crippen LogP contribution >= 0.6 is 11.6 Å². The number of aromatic nitrogens is 1. The normalized spacial score (nSPS) is 12.8. The Balaban J connectivity index is 3.17. The van der Waals surface area contributed by atoms with Crippen LogP contribution in [0.4, 0.5) is 5.82 Å². The lowest BCUT2D eigenvalue weighted by Gasteiger charge is -2.27. The zero-order valence-electron chi connectivity index (χ0n) is 12.0. The van der Waals surface area contributed by atoms with Crippen molar-refractivity contribution >= 4 is 27.4 Å². The Morgan fingerprint density at radius 1 is 1.50 bits per heavy atom. The maximum absolute atomic E-state index is 12.5. The van der Waals surface area contributed by atoms with Gasteiger partial charge in [0.05, 0.1) is 10.6 Å². The van der Waals surface area contributed by atoms with Crippen molar-refractivity contribution in [2.45, 2.75) is 31.3 Å². The molecule has 114 valence electrons. The summed E-state index contributed by atoms with van der Waals surface area (Å²) in [5.74, 6) is 0.413. The van der Waals surface area contributed by atoms with Gasteiger partial charge in [-0.3, -0.25) is 0 Å². The highest BCUT2D eigenvalue weighted by molar-refractivity contribution is 7.89. The van der Waals surface area contributed by atoms with Crippen LogP contribution in [0.5, 0.6) is 0 Å². The van der Waals surface area contributed by atoms with E-state index in [0.29, 0.717) is 5.82 Å². The summed E-state index contributed by atoms with van der Waals surface area (Å²) in [5.41, 5.74) is -1.12. The van der Waals surface area contributed by atoms with Crippen LogP contribution in [0.2, 0.25) is 5.02 Å². The average Bonchev–Trinajstić information content (AvgIpc) is 2.34. The van der Waals surface area contributed by atoms with Crippen molar-refractivity contribution in [3.8, 4) is 0 Å². The minimum absolute atomic E-state index is 0.00275. The fraction of sp³-hybridized carbons (Fsp3) is 0.583. The van der Waals surface area contributed by atoms with E-state index >= 15 is 0 Å². The Labute approximate surface area is 124 Å². The van der Waals surface area contributed by atoms with Gasteiger partial charge in [-0.15, -0.1) is 0 Å². The largest absolute Gasteiger partial charge is 0.389 e. The Kier molecular flexibility index (Phi) is 5.37. The highest BCUT2D eigenvalue weighted by atomic mass is 35.5. The van der Waals surface area contributed by atoms with E-state index in [2.05, 4.69) is 10.3 Å². The monoisotopic (exact) mass is 321 g/mol. The van der Waals surface area contributed by atoms with E-state index in [-0.39, 0.29) is 23.0 Å². The molecule has 0 aliphatic carbocycles. The van der Waals surface area contributed by atoms with Crippen molar-refractivity contribution < 1.29 is 13.5 Å². The molecule has 1 aromatic heterocycles. The lowest BCUT2D eigenvalue weighted by Crippen LogP contribution is -2.42. The standard InChI is InChI=1S/C12H20ClN3O3S/c1-5-16(8-12(2,3)17)20(18,19)9-6-10(13)11(14-4)15-7-9/h6-7,17H,5,8H2,1-4H3,(H,14,15). The minimum Gasteiger partial charge on any atom is -0.389 e. The van der Waals surface area contributed by atoms with E-state index in [1.54, 1.807) is 27.8 Å². The van der Waals surface area contributed by atoms with Gasteiger partial charge in [0.1, 0.15) is 10.7 Å². The summed E-state index contributed by atoms with van der Waals surface area (Å²) in [6.07, 6.45) is 1.25. The van der Waals surface area contributed by atoms with Gasteiger partial charge in [0.15, 0.2) is 0 Å². The number of rotatable bonds is 6.